The summed E-state index contributed by atoms with van der Waals surface area (Å²) in [5, 5.41) is 8.78. The van der Waals surface area contributed by atoms with E-state index >= 15 is 0 Å². The number of hydrogen-bond donors (Lipinski definition) is 2. The first-order chi connectivity index (χ1) is 7.15. The quantitative estimate of drug-likeness (QED) is 0.692. The van der Waals surface area contributed by atoms with Crippen LogP contribution in [0.3, 0.4) is 0 Å². The Hall–Kier alpha value is -1.10. The van der Waals surface area contributed by atoms with Crippen molar-refractivity contribution in [1.82, 2.24) is 4.90 Å². The maximum atomic E-state index is 11.6. The van der Waals surface area contributed by atoms with Crippen LogP contribution in [0.4, 0.5) is 0 Å². The fourth-order valence-electron chi connectivity index (χ4n) is 1.79. The third-order valence-corrected chi connectivity index (χ3v) is 2.79. The van der Waals surface area contributed by atoms with E-state index in [0.29, 0.717) is 45.3 Å². The molecular formula is C10H18N2O3. The van der Waals surface area contributed by atoms with Crippen LogP contribution < -0.4 is 5.73 Å². The smallest absolute Gasteiger partial charge is 0.306 e. The van der Waals surface area contributed by atoms with Crippen molar-refractivity contribution in [3.8, 4) is 0 Å². The van der Waals surface area contributed by atoms with Crippen LogP contribution in [0.5, 0.6) is 0 Å². The van der Waals surface area contributed by atoms with E-state index in [0.717, 1.165) is 0 Å². The van der Waals surface area contributed by atoms with E-state index in [2.05, 4.69) is 0 Å². The molecule has 1 aliphatic rings. The number of rotatable bonds is 4. The van der Waals surface area contributed by atoms with Crippen LogP contribution in [0.15, 0.2) is 0 Å². The van der Waals surface area contributed by atoms with Gasteiger partial charge < -0.3 is 15.7 Å². The van der Waals surface area contributed by atoms with E-state index in [-0.39, 0.29) is 11.8 Å². The lowest BCUT2D eigenvalue weighted by Crippen LogP contribution is -2.40. The highest BCUT2D eigenvalue weighted by molar-refractivity contribution is 5.77. The van der Waals surface area contributed by atoms with Crippen molar-refractivity contribution >= 4 is 11.9 Å². The Labute approximate surface area is 89.2 Å². The number of likely N-dealkylation sites (tertiary alicyclic amines) is 1. The number of carboxylic acids is 1. The Bertz CT molecular complexity index is 235. The molecular weight excluding hydrogens is 196 g/mol. The van der Waals surface area contributed by atoms with Crippen molar-refractivity contribution < 1.29 is 14.7 Å². The minimum Gasteiger partial charge on any atom is -0.481 e. The molecule has 15 heavy (non-hydrogen) atoms. The number of hydrogen-bond acceptors (Lipinski definition) is 3. The molecule has 0 spiro atoms. The standard InChI is InChI=1S/C10H18N2O3/c11-5-1-2-9(13)12-6-3-8(4-7-12)10(14)15/h8H,1-7,11H2,(H,14,15). The average molecular weight is 214 g/mol. The molecule has 0 bridgehead atoms. The maximum absolute atomic E-state index is 11.6. The van der Waals surface area contributed by atoms with Crippen molar-refractivity contribution in [3.05, 3.63) is 0 Å². The SMILES string of the molecule is NCCCC(=O)N1CCC(C(=O)O)CC1. The Kier molecular flexibility index (Phi) is 4.55. The first-order valence-electron chi connectivity index (χ1n) is 5.35. The third-order valence-electron chi connectivity index (χ3n) is 2.79. The maximum Gasteiger partial charge on any atom is 0.306 e. The van der Waals surface area contributed by atoms with E-state index < -0.39 is 5.97 Å². The van der Waals surface area contributed by atoms with Gasteiger partial charge >= 0.3 is 5.97 Å². The molecule has 1 heterocycles. The van der Waals surface area contributed by atoms with E-state index in [4.69, 9.17) is 10.8 Å². The Balaban J connectivity index is 2.30. The van der Waals surface area contributed by atoms with Crippen molar-refractivity contribution in [3.63, 3.8) is 0 Å². The monoisotopic (exact) mass is 214 g/mol. The fraction of sp³-hybridized carbons (Fsp3) is 0.800. The largest absolute Gasteiger partial charge is 0.481 e. The van der Waals surface area contributed by atoms with Crippen molar-refractivity contribution in [2.75, 3.05) is 19.6 Å². The summed E-state index contributed by atoms with van der Waals surface area (Å²) < 4.78 is 0. The highest BCUT2D eigenvalue weighted by Gasteiger charge is 2.26. The lowest BCUT2D eigenvalue weighted by atomic mass is 9.97. The van der Waals surface area contributed by atoms with E-state index in [1.54, 1.807) is 4.90 Å². The third kappa shape index (κ3) is 3.51. The molecule has 0 saturated carbocycles. The summed E-state index contributed by atoms with van der Waals surface area (Å²) in [7, 11) is 0. The number of carbonyl (C=O) groups excluding carboxylic acids is 1. The van der Waals surface area contributed by atoms with Crippen LogP contribution >= 0.6 is 0 Å². The minimum atomic E-state index is -0.746. The van der Waals surface area contributed by atoms with Gasteiger partial charge in [0.1, 0.15) is 0 Å². The number of nitrogens with zero attached hydrogens (tertiary/aromatic N) is 1. The average Bonchev–Trinajstić information content (AvgIpc) is 2.26. The summed E-state index contributed by atoms with van der Waals surface area (Å²) in [6.07, 6.45) is 2.33. The molecule has 0 aromatic heterocycles. The lowest BCUT2D eigenvalue weighted by Gasteiger charge is -2.30. The number of amides is 1. The molecule has 5 nitrogen and oxygen atoms in total. The first kappa shape index (κ1) is 12.0. The molecule has 86 valence electrons. The zero-order valence-electron chi connectivity index (χ0n) is 8.82. The van der Waals surface area contributed by atoms with E-state index in [9.17, 15) is 9.59 Å². The molecule has 0 radical (unpaired) electrons. The number of aliphatic carboxylic acids is 1. The van der Waals surface area contributed by atoms with Crippen LogP contribution in [-0.4, -0.2) is 41.5 Å². The van der Waals surface area contributed by atoms with Gasteiger partial charge in [-0.15, -0.1) is 0 Å². The highest BCUT2D eigenvalue weighted by atomic mass is 16.4. The second-order valence-electron chi connectivity index (χ2n) is 3.89. The molecule has 0 aliphatic carbocycles. The van der Waals surface area contributed by atoms with Gasteiger partial charge in [-0.25, -0.2) is 0 Å². The normalized spacial score (nSPS) is 17.8. The Morgan fingerprint density at radius 3 is 2.40 bits per heavy atom. The molecule has 1 rings (SSSR count). The van der Waals surface area contributed by atoms with Gasteiger partial charge in [-0.3, -0.25) is 9.59 Å². The Morgan fingerprint density at radius 1 is 1.33 bits per heavy atom. The molecule has 0 unspecified atom stereocenters. The lowest BCUT2D eigenvalue weighted by molar-refractivity contribution is -0.145. The van der Waals surface area contributed by atoms with Gasteiger partial charge in [0.05, 0.1) is 5.92 Å². The van der Waals surface area contributed by atoms with Crippen LogP contribution in [0.2, 0.25) is 0 Å². The minimum absolute atomic E-state index is 0.101. The van der Waals surface area contributed by atoms with Gasteiger partial charge in [0.2, 0.25) is 5.91 Å². The van der Waals surface area contributed by atoms with Gasteiger partial charge in [0.15, 0.2) is 0 Å². The number of piperidine rings is 1. The van der Waals surface area contributed by atoms with Crippen molar-refractivity contribution in [2.45, 2.75) is 25.7 Å². The zero-order valence-corrected chi connectivity index (χ0v) is 8.82. The number of nitrogens with two attached hydrogens (primary N) is 1. The summed E-state index contributed by atoms with van der Waals surface area (Å²) in [5.74, 6) is -0.920. The van der Waals surface area contributed by atoms with Gasteiger partial charge in [0.25, 0.3) is 0 Å². The number of carboxylic acid groups (broad SMARTS) is 1. The van der Waals surface area contributed by atoms with Gasteiger partial charge in [-0.1, -0.05) is 0 Å². The first-order valence-corrected chi connectivity index (χ1v) is 5.35. The summed E-state index contributed by atoms with van der Waals surface area (Å²) in [5.41, 5.74) is 5.32. The fourth-order valence-corrected chi connectivity index (χ4v) is 1.79. The van der Waals surface area contributed by atoms with Crippen LogP contribution in [0, 0.1) is 5.92 Å². The summed E-state index contributed by atoms with van der Waals surface area (Å²) in [4.78, 5) is 24.0. The molecule has 0 aromatic carbocycles. The predicted molar refractivity (Wildman–Crippen MR) is 55.2 cm³/mol. The summed E-state index contributed by atoms with van der Waals surface area (Å²) in [6, 6.07) is 0. The molecule has 1 saturated heterocycles. The topological polar surface area (TPSA) is 83.6 Å². The molecule has 3 N–H and O–H groups in total. The van der Waals surface area contributed by atoms with Crippen LogP contribution in [0.1, 0.15) is 25.7 Å². The summed E-state index contributed by atoms with van der Waals surface area (Å²) >= 11 is 0. The zero-order chi connectivity index (χ0) is 11.3. The van der Waals surface area contributed by atoms with Crippen molar-refractivity contribution in [1.29, 1.82) is 0 Å². The predicted octanol–water partition coefficient (Wildman–Crippen LogP) is 0.0485. The van der Waals surface area contributed by atoms with Gasteiger partial charge in [0, 0.05) is 19.5 Å². The van der Waals surface area contributed by atoms with Gasteiger partial charge in [-0.2, -0.15) is 0 Å². The molecule has 1 aliphatic heterocycles. The molecule has 0 atom stereocenters. The van der Waals surface area contributed by atoms with Crippen LogP contribution in [0.25, 0.3) is 0 Å². The van der Waals surface area contributed by atoms with Crippen molar-refractivity contribution in [2.24, 2.45) is 11.7 Å². The van der Waals surface area contributed by atoms with E-state index in [1.165, 1.54) is 0 Å². The van der Waals surface area contributed by atoms with Gasteiger partial charge in [-0.05, 0) is 25.8 Å². The second kappa shape index (κ2) is 5.70. The molecule has 1 fully saturated rings. The summed E-state index contributed by atoms with van der Waals surface area (Å²) in [6.45, 7) is 1.66. The van der Waals surface area contributed by atoms with E-state index in [1.807, 2.05) is 0 Å². The molecule has 0 aromatic rings. The number of carbonyl (C=O) groups is 2. The second-order valence-corrected chi connectivity index (χ2v) is 3.89. The Morgan fingerprint density at radius 2 is 1.93 bits per heavy atom. The van der Waals surface area contributed by atoms with Crippen LogP contribution in [-0.2, 0) is 9.59 Å². The molecule has 5 heteroatoms. The molecule has 1 amide bonds. The highest BCUT2D eigenvalue weighted by Crippen LogP contribution is 2.17.